The molecule has 0 N–H and O–H groups in total. The third kappa shape index (κ3) is 2.49. The molecule has 29 heavy (non-hydrogen) atoms. The lowest BCUT2D eigenvalue weighted by Crippen LogP contribution is -2.40. The van der Waals surface area contributed by atoms with Gasteiger partial charge in [-0.1, -0.05) is 42.5 Å². The van der Waals surface area contributed by atoms with E-state index in [0.717, 1.165) is 17.2 Å². The van der Waals surface area contributed by atoms with Crippen molar-refractivity contribution in [3.8, 4) is 5.75 Å². The number of hydrogen-bond donors (Lipinski definition) is 0. The van der Waals surface area contributed by atoms with E-state index in [2.05, 4.69) is 12.2 Å². The van der Waals surface area contributed by atoms with E-state index in [1.165, 1.54) is 4.90 Å². The quantitative estimate of drug-likeness (QED) is 0.350. The molecule has 2 amide bonds. The van der Waals surface area contributed by atoms with E-state index >= 15 is 0 Å². The molecule has 146 valence electrons. The summed E-state index contributed by atoms with van der Waals surface area (Å²) in [7, 11) is 0. The largest absolute Gasteiger partial charge is 0.426 e. The van der Waals surface area contributed by atoms with Gasteiger partial charge in [0, 0.05) is 6.54 Å². The molecule has 1 heterocycles. The van der Waals surface area contributed by atoms with E-state index in [0.29, 0.717) is 17.6 Å². The van der Waals surface area contributed by atoms with Gasteiger partial charge in [-0.25, -0.2) is 0 Å². The lowest BCUT2D eigenvalue weighted by Gasteiger charge is -2.37. The van der Waals surface area contributed by atoms with Crippen LogP contribution in [0.25, 0.3) is 10.8 Å². The number of nitrogens with zero attached hydrogens (tertiary/aromatic N) is 1. The van der Waals surface area contributed by atoms with Gasteiger partial charge in [0.25, 0.3) is 0 Å². The fourth-order valence-corrected chi connectivity index (χ4v) is 5.86. The van der Waals surface area contributed by atoms with Crippen molar-refractivity contribution in [3.63, 3.8) is 0 Å². The third-order valence-corrected chi connectivity index (χ3v) is 7.25. The second-order valence-corrected chi connectivity index (χ2v) is 8.72. The van der Waals surface area contributed by atoms with E-state index < -0.39 is 5.97 Å². The summed E-state index contributed by atoms with van der Waals surface area (Å²) in [4.78, 5) is 39.5. The number of ether oxygens (including phenoxy) is 1. The Balaban J connectivity index is 1.13. The molecular formula is C24H21NO4. The second kappa shape index (κ2) is 6.02. The van der Waals surface area contributed by atoms with Gasteiger partial charge in [-0.05, 0) is 53.0 Å². The first-order chi connectivity index (χ1) is 14.1. The van der Waals surface area contributed by atoms with Crippen LogP contribution in [0.5, 0.6) is 5.75 Å². The number of allylic oxidation sites excluding steroid dienone is 2. The van der Waals surface area contributed by atoms with Crippen LogP contribution in [0, 0.1) is 35.5 Å². The molecule has 1 aliphatic heterocycles. The number of amides is 2. The summed E-state index contributed by atoms with van der Waals surface area (Å²) in [6.07, 6.45) is 5.47. The van der Waals surface area contributed by atoms with Crippen LogP contribution >= 0.6 is 0 Å². The second-order valence-electron chi connectivity index (χ2n) is 8.72. The summed E-state index contributed by atoms with van der Waals surface area (Å²) in [6.45, 7) is 0.103. The Morgan fingerprint density at radius 2 is 1.59 bits per heavy atom. The summed E-state index contributed by atoms with van der Waals surface area (Å²) in [6, 6.07) is 13.3. The van der Waals surface area contributed by atoms with Crippen LogP contribution in [0.2, 0.25) is 0 Å². The Morgan fingerprint density at radius 1 is 0.931 bits per heavy atom. The fourth-order valence-electron chi connectivity index (χ4n) is 5.86. The molecule has 4 aliphatic carbocycles. The van der Waals surface area contributed by atoms with Crippen LogP contribution in [-0.4, -0.2) is 29.2 Å². The molecule has 3 fully saturated rings. The minimum Gasteiger partial charge on any atom is -0.426 e. The van der Waals surface area contributed by atoms with Gasteiger partial charge in [0.1, 0.15) is 5.75 Å². The van der Waals surface area contributed by atoms with Crippen molar-refractivity contribution in [2.24, 2.45) is 35.5 Å². The normalized spacial score (nSPS) is 33.7. The molecule has 2 aromatic carbocycles. The maximum atomic E-state index is 12.9. The number of imide groups is 1. The maximum absolute atomic E-state index is 12.9. The predicted octanol–water partition coefficient (Wildman–Crippen LogP) is 3.19. The van der Waals surface area contributed by atoms with Gasteiger partial charge >= 0.3 is 5.97 Å². The summed E-state index contributed by atoms with van der Waals surface area (Å²) in [5, 5.41) is 2.07. The van der Waals surface area contributed by atoms with Crippen molar-refractivity contribution in [2.75, 3.05) is 6.54 Å². The molecule has 0 aromatic heterocycles. The van der Waals surface area contributed by atoms with Gasteiger partial charge < -0.3 is 4.74 Å². The number of benzene rings is 2. The van der Waals surface area contributed by atoms with Gasteiger partial charge in [0.2, 0.25) is 11.8 Å². The van der Waals surface area contributed by atoms with Gasteiger partial charge in [0.15, 0.2) is 0 Å². The molecule has 1 saturated heterocycles. The zero-order valence-electron chi connectivity index (χ0n) is 15.9. The molecule has 2 saturated carbocycles. The highest BCUT2D eigenvalue weighted by molar-refractivity contribution is 6.06. The van der Waals surface area contributed by atoms with E-state index in [9.17, 15) is 14.4 Å². The van der Waals surface area contributed by atoms with Gasteiger partial charge in [-0.3, -0.25) is 19.3 Å². The zero-order valence-corrected chi connectivity index (χ0v) is 15.9. The van der Waals surface area contributed by atoms with Crippen molar-refractivity contribution in [1.82, 2.24) is 4.90 Å². The van der Waals surface area contributed by atoms with Crippen LogP contribution in [0.1, 0.15) is 12.8 Å². The molecule has 5 heteroatoms. The Kier molecular flexibility index (Phi) is 3.52. The molecule has 2 aromatic rings. The van der Waals surface area contributed by atoms with Crippen molar-refractivity contribution >= 4 is 28.6 Å². The summed E-state index contributed by atoms with van der Waals surface area (Å²) in [5.41, 5.74) is 0. The highest BCUT2D eigenvalue weighted by atomic mass is 16.5. The Morgan fingerprint density at radius 3 is 2.28 bits per heavy atom. The number of rotatable bonds is 4. The van der Waals surface area contributed by atoms with Crippen LogP contribution in [-0.2, 0) is 14.4 Å². The minimum atomic E-state index is -0.431. The number of likely N-dealkylation sites (tertiary alicyclic amines) is 1. The predicted molar refractivity (Wildman–Crippen MR) is 106 cm³/mol. The van der Waals surface area contributed by atoms with E-state index in [1.54, 1.807) is 6.07 Å². The summed E-state index contributed by atoms with van der Waals surface area (Å²) >= 11 is 0. The summed E-state index contributed by atoms with van der Waals surface area (Å²) < 4.78 is 5.45. The standard InChI is InChI=1S/C24H21NO4/c26-20(29-15-6-5-13-3-1-2-4-14(13)11-15)9-10-25-23(27)21-16-7-8-17(19-12-18(16)19)22(21)24(25)28/h1-8,11,16-19,21-22H,9-10,12H2/t16-,17-,18-,19+,21-,22-/m1/s1. The lowest BCUT2D eigenvalue weighted by molar-refractivity contribution is -0.141. The van der Waals surface area contributed by atoms with Gasteiger partial charge in [-0.15, -0.1) is 0 Å². The lowest BCUT2D eigenvalue weighted by atomic mass is 9.63. The molecule has 0 unspecified atom stereocenters. The number of carbonyl (C=O) groups excluding carboxylic acids is 3. The topological polar surface area (TPSA) is 63.7 Å². The molecule has 5 nitrogen and oxygen atoms in total. The molecule has 0 radical (unpaired) electrons. The van der Waals surface area contributed by atoms with Crippen molar-refractivity contribution in [2.45, 2.75) is 12.8 Å². The number of carbonyl (C=O) groups is 3. The van der Waals surface area contributed by atoms with Gasteiger partial charge in [0.05, 0.1) is 18.3 Å². The van der Waals surface area contributed by atoms with Crippen LogP contribution in [0.3, 0.4) is 0 Å². The molecule has 7 rings (SSSR count). The maximum Gasteiger partial charge on any atom is 0.312 e. The molecule has 2 bridgehead atoms. The van der Waals surface area contributed by atoms with Crippen LogP contribution < -0.4 is 4.74 Å². The van der Waals surface area contributed by atoms with Crippen molar-refractivity contribution in [1.29, 1.82) is 0 Å². The molecular weight excluding hydrogens is 366 g/mol. The van der Waals surface area contributed by atoms with Crippen molar-refractivity contribution < 1.29 is 19.1 Å². The minimum absolute atomic E-state index is 0.0133. The molecule has 5 aliphatic rings. The van der Waals surface area contributed by atoms with Crippen LogP contribution in [0.4, 0.5) is 0 Å². The summed E-state index contributed by atoms with van der Waals surface area (Å²) in [5.74, 6) is 1.02. The highest BCUT2D eigenvalue weighted by Gasteiger charge is 2.66. The first-order valence-corrected chi connectivity index (χ1v) is 10.3. The van der Waals surface area contributed by atoms with E-state index in [-0.39, 0.29) is 48.5 Å². The number of hydrogen-bond acceptors (Lipinski definition) is 4. The Bertz CT molecular complexity index is 1050. The average Bonchev–Trinajstić information content (AvgIpc) is 3.51. The SMILES string of the molecule is O=C(CCN1C(=O)[C@@H]2[C@@H]3C=C[C@H]([C@@H]4C[C@H]34)[C@H]2C1=O)Oc1ccc2ccccc2c1. The average molecular weight is 387 g/mol. The van der Waals surface area contributed by atoms with E-state index in [1.807, 2.05) is 36.4 Å². The zero-order chi connectivity index (χ0) is 19.7. The van der Waals surface area contributed by atoms with Crippen molar-refractivity contribution in [3.05, 3.63) is 54.6 Å². The first-order valence-electron chi connectivity index (χ1n) is 10.3. The number of fused-ring (bicyclic) bond motifs is 1. The molecule has 0 spiro atoms. The third-order valence-electron chi connectivity index (χ3n) is 7.25. The number of esters is 1. The Hall–Kier alpha value is -2.95. The molecule has 6 atom stereocenters. The monoisotopic (exact) mass is 387 g/mol. The highest BCUT2D eigenvalue weighted by Crippen LogP contribution is 2.65. The smallest absolute Gasteiger partial charge is 0.312 e. The van der Waals surface area contributed by atoms with E-state index in [4.69, 9.17) is 4.74 Å². The Labute approximate surface area is 168 Å². The fraction of sp³-hybridized carbons (Fsp3) is 0.375. The van der Waals surface area contributed by atoms with Crippen LogP contribution in [0.15, 0.2) is 54.6 Å². The first kappa shape index (κ1) is 17.0. The van der Waals surface area contributed by atoms with Gasteiger partial charge in [-0.2, -0.15) is 0 Å².